The van der Waals surface area contributed by atoms with Gasteiger partial charge in [0.25, 0.3) is 11.5 Å². The molecule has 8 nitrogen and oxygen atoms in total. The van der Waals surface area contributed by atoms with Crippen molar-refractivity contribution >= 4 is 39.1 Å². The van der Waals surface area contributed by atoms with Gasteiger partial charge >= 0.3 is 0 Å². The molecule has 0 unspecified atom stereocenters. The van der Waals surface area contributed by atoms with Crippen LogP contribution in [0.4, 0.5) is 5.00 Å². The predicted molar refractivity (Wildman–Crippen MR) is 108 cm³/mol. The van der Waals surface area contributed by atoms with Crippen molar-refractivity contribution in [1.29, 1.82) is 0 Å². The Morgan fingerprint density at radius 3 is 2.79 bits per heavy atom. The maximum Gasteiger partial charge on any atom is 0.264 e. The first kappa shape index (κ1) is 19.7. The summed E-state index contributed by atoms with van der Waals surface area (Å²) in [7, 11) is 1.55. The SMILES string of the molecule is COCCN(Cc1nc2ccccc2c(=O)[nH]1)C(=O)c1ccc(NC(C)=O)s1. The zero-order chi connectivity index (χ0) is 20.1. The highest BCUT2D eigenvalue weighted by molar-refractivity contribution is 7.18. The first-order chi connectivity index (χ1) is 13.5. The summed E-state index contributed by atoms with van der Waals surface area (Å²) in [6.07, 6.45) is 0. The number of carbonyl (C=O) groups is 2. The summed E-state index contributed by atoms with van der Waals surface area (Å²) < 4.78 is 5.11. The molecule has 0 spiro atoms. The number of aromatic nitrogens is 2. The monoisotopic (exact) mass is 400 g/mol. The molecule has 0 bridgehead atoms. The van der Waals surface area contributed by atoms with E-state index in [4.69, 9.17) is 4.74 Å². The third-order valence-corrected chi connectivity index (χ3v) is 4.96. The molecule has 9 heteroatoms. The maximum atomic E-state index is 13.0. The standard InChI is InChI=1S/C19H20N4O4S/c1-12(24)20-17-8-7-15(28-17)19(26)23(9-10-27-2)11-16-21-14-6-4-3-5-13(14)18(25)22-16/h3-8H,9-11H2,1-2H3,(H,20,24)(H,21,22,25). The number of anilines is 1. The summed E-state index contributed by atoms with van der Waals surface area (Å²) in [4.78, 5) is 45.7. The molecule has 1 aromatic carbocycles. The Morgan fingerprint density at radius 1 is 1.25 bits per heavy atom. The Morgan fingerprint density at radius 2 is 2.04 bits per heavy atom. The Kier molecular flexibility index (Phi) is 6.17. The number of amides is 2. The van der Waals surface area contributed by atoms with Crippen molar-refractivity contribution < 1.29 is 14.3 Å². The number of fused-ring (bicyclic) bond motifs is 1. The summed E-state index contributed by atoms with van der Waals surface area (Å²) in [5.41, 5.74) is 0.327. The highest BCUT2D eigenvalue weighted by atomic mass is 32.1. The second kappa shape index (κ2) is 8.77. The third kappa shape index (κ3) is 4.62. The van der Waals surface area contributed by atoms with Gasteiger partial charge in [-0.2, -0.15) is 0 Å². The van der Waals surface area contributed by atoms with E-state index in [0.29, 0.717) is 39.8 Å². The highest BCUT2D eigenvalue weighted by Gasteiger charge is 2.19. The Hall–Kier alpha value is -3.04. The molecule has 2 heterocycles. The molecule has 3 aromatic rings. The Labute approximate surface area is 165 Å². The molecular weight excluding hydrogens is 380 g/mol. The number of para-hydroxylation sites is 1. The van der Waals surface area contributed by atoms with Gasteiger partial charge in [-0.15, -0.1) is 11.3 Å². The molecule has 0 saturated heterocycles. The number of hydrogen-bond acceptors (Lipinski definition) is 6. The number of hydrogen-bond donors (Lipinski definition) is 2. The van der Waals surface area contributed by atoms with Crippen LogP contribution in [0.1, 0.15) is 22.4 Å². The molecule has 0 saturated carbocycles. The summed E-state index contributed by atoms with van der Waals surface area (Å²) >= 11 is 1.19. The lowest BCUT2D eigenvalue weighted by Gasteiger charge is -2.21. The summed E-state index contributed by atoms with van der Waals surface area (Å²) in [5, 5.41) is 3.76. The van der Waals surface area contributed by atoms with E-state index >= 15 is 0 Å². The summed E-state index contributed by atoms with van der Waals surface area (Å²) in [5.74, 6) is -0.0312. The molecule has 3 rings (SSSR count). The van der Waals surface area contributed by atoms with Crippen LogP contribution >= 0.6 is 11.3 Å². The number of H-pyrrole nitrogens is 1. The zero-order valence-electron chi connectivity index (χ0n) is 15.5. The van der Waals surface area contributed by atoms with Crippen LogP contribution in [0.15, 0.2) is 41.2 Å². The molecule has 0 radical (unpaired) electrons. The fourth-order valence-electron chi connectivity index (χ4n) is 2.69. The lowest BCUT2D eigenvalue weighted by molar-refractivity contribution is -0.114. The van der Waals surface area contributed by atoms with Crippen LogP contribution in [0.3, 0.4) is 0 Å². The number of aromatic amines is 1. The Bertz CT molecular complexity index is 1060. The molecule has 146 valence electrons. The van der Waals surface area contributed by atoms with Crippen molar-refractivity contribution in [2.75, 3.05) is 25.6 Å². The highest BCUT2D eigenvalue weighted by Crippen LogP contribution is 2.23. The fraction of sp³-hybridized carbons (Fsp3) is 0.263. The lowest BCUT2D eigenvalue weighted by Crippen LogP contribution is -2.34. The second-order valence-electron chi connectivity index (χ2n) is 6.09. The van der Waals surface area contributed by atoms with Gasteiger partial charge in [-0.1, -0.05) is 12.1 Å². The molecule has 2 N–H and O–H groups in total. The van der Waals surface area contributed by atoms with Gasteiger partial charge in [-0.05, 0) is 24.3 Å². The summed E-state index contributed by atoms with van der Waals surface area (Å²) in [6, 6.07) is 10.4. The first-order valence-electron chi connectivity index (χ1n) is 8.61. The fourth-order valence-corrected chi connectivity index (χ4v) is 3.61. The Balaban J connectivity index is 1.85. The van der Waals surface area contributed by atoms with E-state index in [9.17, 15) is 14.4 Å². The topological polar surface area (TPSA) is 104 Å². The number of rotatable bonds is 7. The molecule has 0 fully saturated rings. The molecule has 2 amide bonds. The zero-order valence-corrected chi connectivity index (χ0v) is 16.3. The van der Waals surface area contributed by atoms with Crippen LogP contribution < -0.4 is 10.9 Å². The van der Waals surface area contributed by atoms with Crippen molar-refractivity contribution in [2.45, 2.75) is 13.5 Å². The van der Waals surface area contributed by atoms with Crippen molar-refractivity contribution in [2.24, 2.45) is 0 Å². The van der Waals surface area contributed by atoms with Crippen molar-refractivity contribution in [3.63, 3.8) is 0 Å². The van der Waals surface area contributed by atoms with Gasteiger partial charge in [-0.25, -0.2) is 4.98 Å². The van der Waals surface area contributed by atoms with E-state index in [1.807, 2.05) is 6.07 Å². The van der Waals surface area contributed by atoms with Gasteiger partial charge in [0.1, 0.15) is 5.82 Å². The second-order valence-corrected chi connectivity index (χ2v) is 7.18. The van der Waals surface area contributed by atoms with Crippen LogP contribution in [0.25, 0.3) is 10.9 Å². The minimum Gasteiger partial charge on any atom is -0.383 e. The minimum absolute atomic E-state index is 0.135. The predicted octanol–water partition coefficient (Wildman–Crippen LogP) is 2.23. The van der Waals surface area contributed by atoms with Crippen LogP contribution in [0.2, 0.25) is 0 Å². The average Bonchev–Trinajstić information content (AvgIpc) is 3.12. The first-order valence-corrected chi connectivity index (χ1v) is 9.43. The number of carbonyl (C=O) groups excluding carboxylic acids is 2. The van der Waals surface area contributed by atoms with E-state index in [2.05, 4.69) is 15.3 Å². The van der Waals surface area contributed by atoms with Crippen LogP contribution in [0.5, 0.6) is 0 Å². The van der Waals surface area contributed by atoms with Gasteiger partial charge in [0.2, 0.25) is 5.91 Å². The van der Waals surface area contributed by atoms with Crippen molar-refractivity contribution in [3.8, 4) is 0 Å². The van der Waals surface area contributed by atoms with E-state index < -0.39 is 0 Å². The number of thiophene rings is 1. The van der Waals surface area contributed by atoms with Gasteiger partial charge < -0.3 is 19.9 Å². The number of ether oxygens (including phenoxy) is 1. The molecule has 0 aliphatic heterocycles. The molecule has 0 aliphatic carbocycles. The number of nitrogens with zero attached hydrogens (tertiary/aromatic N) is 2. The molecule has 0 atom stereocenters. The van der Waals surface area contributed by atoms with Crippen LogP contribution in [-0.4, -0.2) is 46.9 Å². The normalized spacial score (nSPS) is 10.8. The van der Waals surface area contributed by atoms with E-state index in [-0.39, 0.29) is 23.9 Å². The summed E-state index contributed by atoms with van der Waals surface area (Å²) in [6.45, 7) is 2.22. The van der Waals surface area contributed by atoms with E-state index in [1.54, 1.807) is 42.3 Å². The van der Waals surface area contributed by atoms with Gasteiger partial charge in [0.05, 0.1) is 33.9 Å². The molecule has 2 aromatic heterocycles. The number of nitrogens with one attached hydrogen (secondary N) is 2. The number of methoxy groups -OCH3 is 1. The number of benzene rings is 1. The molecule has 0 aliphatic rings. The van der Waals surface area contributed by atoms with Crippen molar-refractivity contribution in [1.82, 2.24) is 14.9 Å². The smallest absolute Gasteiger partial charge is 0.264 e. The van der Waals surface area contributed by atoms with Gasteiger partial charge in [-0.3, -0.25) is 14.4 Å². The quantitative estimate of drug-likeness (QED) is 0.633. The maximum absolute atomic E-state index is 13.0. The molecular formula is C19H20N4O4S. The molecule has 28 heavy (non-hydrogen) atoms. The van der Waals surface area contributed by atoms with Gasteiger partial charge in [0, 0.05) is 20.6 Å². The third-order valence-electron chi connectivity index (χ3n) is 3.97. The lowest BCUT2D eigenvalue weighted by atomic mass is 10.2. The largest absolute Gasteiger partial charge is 0.383 e. The van der Waals surface area contributed by atoms with E-state index in [1.165, 1.54) is 18.3 Å². The van der Waals surface area contributed by atoms with Gasteiger partial charge in [0.15, 0.2) is 0 Å². The van der Waals surface area contributed by atoms with E-state index in [0.717, 1.165) is 0 Å². The van der Waals surface area contributed by atoms with Crippen LogP contribution in [-0.2, 0) is 16.1 Å². The minimum atomic E-state index is -0.246. The van der Waals surface area contributed by atoms with Crippen LogP contribution in [0, 0.1) is 0 Å². The average molecular weight is 400 g/mol. The van der Waals surface area contributed by atoms with Crippen molar-refractivity contribution in [3.05, 3.63) is 57.5 Å².